The third-order valence-corrected chi connectivity index (χ3v) is 4.21. The molecule has 0 bridgehead atoms. The van der Waals surface area contributed by atoms with Gasteiger partial charge in [-0.2, -0.15) is 0 Å². The Balaban J connectivity index is 0.00000264. The Morgan fingerprint density at radius 2 is 1.75 bits per heavy atom. The molecular formula is C16H34Cl2N6. The fraction of sp³-hybridized carbons (Fsp3) is 0.875. The maximum atomic E-state index is 6.13. The van der Waals surface area contributed by atoms with Crippen molar-refractivity contribution in [2.75, 3.05) is 33.7 Å². The van der Waals surface area contributed by atoms with Crippen LogP contribution in [0.15, 0.2) is 0 Å². The van der Waals surface area contributed by atoms with Crippen LogP contribution >= 0.6 is 24.8 Å². The van der Waals surface area contributed by atoms with Gasteiger partial charge in [-0.15, -0.1) is 35.0 Å². The third kappa shape index (κ3) is 6.48. The molecule has 142 valence electrons. The van der Waals surface area contributed by atoms with E-state index >= 15 is 0 Å². The highest BCUT2D eigenvalue weighted by molar-refractivity contribution is 5.85. The van der Waals surface area contributed by atoms with Crippen LogP contribution in [0.2, 0.25) is 0 Å². The lowest BCUT2D eigenvalue weighted by Gasteiger charge is -2.35. The molecule has 0 aliphatic carbocycles. The number of nitrogens with two attached hydrogens (primary N) is 1. The predicted molar refractivity (Wildman–Crippen MR) is 104 cm³/mol. The highest BCUT2D eigenvalue weighted by Crippen LogP contribution is 2.28. The van der Waals surface area contributed by atoms with E-state index in [0.29, 0.717) is 5.92 Å². The summed E-state index contributed by atoms with van der Waals surface area (Å²) in [6.45, 7) is 11.3. The number of hydrogen-bond donors (Lipinski definition) is 1. The molecule has 0 aromatic carbocycles. The fourth-order valence-electron chi connectivity index (χ4n) is 3.32. The molecule has 24 heavy (non-hydrogen) atoms. The molecule has 0 spiro atoms. The maximum absolute atomic E-state index is 6.13. The van der Waals surface area contributed by atoms with Crippen LogP contribution < -0.4 is 5.73 Å². The Morgan fingerprint density at radius 1 is 1.17 bits per heavy atom. The molecule has 6 nitrogen and oxygen atoms in total. The fourth-order valence-corrected chi connectivity index (χ4v) is 3.32. The minimum atomic E-state index is -0.116. The molecule has 2 heterocycles. The van der Waals surface area contributed by atoms with Crippen LogP contribution in [-0.4, -0.2) is 63.8 Å². The van der Waals surface area contributed by atoms with Crippen LogP contribution in [0, 0.1) is 0 Å². The van der Waals surface area contributed by atoms with Gasteiger partial charge in [-0.25, -0.2) is 0 Å². The molecule has 2 N–H and O–H groups in total. The van der Waals surface area contributed by atoms with Crippen molar-refractivity contribution in [2.45, 2.75) is 58.2 Å². The molecule has 1 aliphatic rings. The molecule has 8 heteroatoms. The highest BCUT2D eigenvalue weighted by Gasteiger charge is 2.27. The topological polar surface area (TPSA) is 63.2 Å². The smallest absolute Gasteiger partial charge is 0.147 e. The lowest BCUT2D eigenvalue weighted by molar-refractivity contribution is 0.176. The zero-order valence-corrected chi connectivity index (χ0v) is 17.3. The average molecular weight is 381 g/mol. The van der Waals surface area contributed by atoms with Crippen molar-refractivity contribution in [3.8, 4) is 0 Å². The van der Waals surface area contributed by atoms with E-state index in [-0.39, 0.29) is 30.4 Å². The minimum absolute atomic E-state index is 0. The second kappa shape index (κ2) is 9.92. The van der Waals surface area contributed by atoms with Gasteiger partial charge < -0.3 is 20.1 Å². The number of aromatic nitrogens is 3. The first-order chi connectivity index (χ1) is 10.3. The molecule has 1 aliphatic heterocycles. The largest absolute Gasteiger partial charge is 0.324 e. The molecule has 1 aromatic rings. The summed E-state index contributed by atoms with van der Waals surface area (Å²) in [7, 11) is 4.14. The van der Waals surface area contributed by atoms with Crippen LogP contribution in [0.25, 0.3) is 0 Å². The lowest BCUT2D eigenvalue weighted by Crippen LogP contribution is -2.47. The van der Waals surface area contributed by atoms with Crippen LogP contribution in [0.1, 0.15) is 51.2 Å². The molecule has 1 fully saturated rings. The van der Waals surface area contributed by atoms with Gasteiger partial charge in [0, 0.05) is 24.5 Å². The summed E-state index contributed by atoms with van der Waals surface area (Å²) in [4.78, 5) is 4.62. The van der Waals surface area contributed by atoms with E-state index in [1.807, 2.05) is 0 Å². The molecule has 0 unspecified atom stereocenters. The number of halogens is 2. The summed E-state index contributed by atoms with van der Waals surface area (Å²) in [6.07, 6.45) is 2.30. The van der Waals surface area contributed by atoms with Gasteiger partial charge in [0.25, 0.3) is 0 Å². The lowest BCUT2D eigenvalue weighted by atomic mass is 9.94. The molecule has 2 rings (SSSR count). The summed E-state index contributed by atoms with van der Waals surface area (Å²) >= 11 is 0. The normalized spacial score (nSPS) is 16.8. The predicted octanol–water partition coefficient (Wildman–Crippen LogP) is 2.12. The van der Waals surface area contributed by atoms with E-state index in [4.69, 9.17) is 5.73 Å². The zero-order chi connectivity index (χ0) is 16.3. The zero-order valence-electron chi connectivity index (χ0n) is 15.7. The summed E-state index contributed by atoms with van der Waals surface area (Å²) in [5.74, 6) is 2.78. The Kier molecular flexibility index (Phi) is 9.76. The van der Waals surface area contributed by atoms with Gasteiger partial charge in [0.15, 0.2) is 0 Å². The molecule has 0 radical (unpaired) electrons. The van der Waals surface area contributed by atoms with E-state index < -0.39 is 0 Å². The standard InChI is InChI=1S/C16H32N6.2ClH/c1-6-22-14(11-20(4)5)18-19-15(22)13-7-9-21(10-8-13)12-16(2,3)17;;/h13H,6-12,17H2,1-5H3;2*1H. The van der Waals surface area contributed by atoms with Crippen LogP contribution in [0.3, 0.4) is 0 Å². The number of likely N-dealkylation sites (tertiary alicyclic amines) is 1. The van der Waals surface area contributed by atoms with Crippen LogP contribution in [0.5, 0.6) is 0 Å². The first kappa shape index (κ1) is 23.6. The van der Waals surface area contributed by atoms with E-state index in [1.165, 1.54) is 5.82 Å². The van der Waals surface area contributed by atoms with Crippen molar-refractivity contribution in [3.05, 3.63) is 11.6 Å². The van der Waals surface area contributed by atoms with Gasteiger partial charge in [-0.05, 0) is 60.8 Å². The van der Waals surface area contributed by atoms with Gasteiger partial charge in [-0.3, -0.25) is 0 Å². The Labute approximate surface area is 159 Å². The van der Waals surface area contributed by atoms with E-state index in [1.54, 1.807) is 0 Å². The number of piperidine rings is 1. The summed E-state index contributed by atoms with van der Waals surface area (Å²) in [6, 6.07) is 0. The quantitative estimate of drug-likeness (QED) is 0.818. The van der Waals surface area contributed by atoms with E-state index in [0.717, 1.165) is 51.4 Å². The van der Waals surface area contributed by atoms with Crippen molar-refractivity contribution in [1.82, 2.24) is 24.6 Å². The maximum Gasteiger partial charge on any atom is 0.147 e. The molecule has 1 aromatic heterocycles. The number of nitrogens with zero attached hydrogens (tertiary/aromatic N) is 5. The van der Waals surface area contributed by atoms with Crippen molar-refractivity contribution in [3.63, 3.8) is 0 Å². The number of hydrogen-bond acceptors (Lipinski definition) is 5. The van der Waals surface area contributed by atoms with Crippen molar-refractivity contribution in [2.24, 2.45) is 5.73 Å². The molecule has 0 saturated carbocycles. The first-order valence-electron chi connectivity index (χ1n) is 8.38. The first-order valence-corrected chi connectivity index (χ1v) is 8.38. The van der Waals surface area contributed by atoms with Gasteiger partial charge in [0.1, 0.15) is 11.6 Å². The van der Waals surface area contributed by atoms with Gasteiger partial charge >= 0.3 is 0 Å². The second-order valence-corrected chi connectivity index (χ2v) is 7.50. The Hall–Kier alpha value is -0.400. The summed E-state index contributed by atoms with van der Waals surface area (Å²) in [5, 5.41) is 8.92. The molecule has 1 saturated heterocycles. The minimum Gasteiger partial charge on any atom is -0.324 e. The summed E-state index contributed by atoms with van der Waals surface area (Å²) in [5.41, 5.74) is 6.02. The average Bonchev–Trinajstić information content (AvgIpc) is 2.79. The van der Waals surface area contributed by atoms with Gasteiger partial charge in [0.2, 0.25) is 0 Å². The van der Waals surface area contributed by atoms with E-state index in [2.05, 4.69) is 59.4 Å². The van der Waals surface area contributed by atoms with Crippen molar-refractivity contribution < 1.29 is 0 Å². The monoisotopic (exact) mass is 380 g/mol. The second-order valence-electron chi connectivity index (χ2n) is 7.50. The van der Waals surface area contributed by atoms with Crippen LogP contribution in [-0.2, 0) is 13.1 Å². The molecule has 0 amide bonds. The van der Waals surface area contributed by atoms with Crippen LogP contribution in [0.4, 0.5) is 0 Å². The molecule has 0 atom stereocenters. The van der Waals surface area contributed by atoms with E-state index in [9.17, 15) is 0 Å². The SMILES string of the molecule is CCn1c(CN(C)C)nnc1C1CCN(CC(C)(C)N)CC1.Cl.Cl. The highest BCUT2D eigenvalue weighted by atomic mass is 35.5. The number of rotatable bonds is 6. The molecular weight excluding hydrogens is 347 g/mol. The van der Waals surface area contributed by atoms with Gasteiger partial charge in [0.05, 0.1) is 6.54 Å². The van der Waals surface area contributed by atoms with Gasteiger partial charge in [-0.1, -0.05) is 0 Å². The Morgan fingerprint density at radius 3 is 2.21 bits per heavy atom. The summed E-state index contributed by atoms with van der Waals surface area (Å²) < 4.78 is 2.30. The van der Waals surface area contributed by atoms with Crippen molar-refractivity contribution in [1.29, 1.82) is 0 Å². The Bertz CT molecular complexity index is 475. The van der Waals surface area contributed by atoms with Crippen molar-refractivity contribution >= 4 is 24.8 Å². The third-order valence-electron chi connectivity index (χ3n) is 4.21.